The lowest BCUT2D eigenvalue weighted by Gasteiger charge is -2.15. The van der Waals surface area contributed by atoms with Gasteiger partial charge < -0.3 is 10.1 Å². The van der Waals surface area contributed by atoms with E-state index in [0.717, 1.165) is 25.9 Å². The summed E-state index contributed by atoms with van der Waals surface area (Å²) < 4.78 is 5.60. The molecule has 0 bridgehead atoms. The third kappa shape index (κ3) is 9.16. The molecule has 0 aromatic heterocycles. The maximum Gasteiger partial charge on any atom is 0.225 e. The van der Waals surface area contributed by atoms with E-state index < -0.39 is 0 Å². The number of nitrogens with one attached hydrogen (secondary N) is 1. The van der Waals surface area contributed by atoms with Crippen LogP contribution in [0.25, 0.3) is 0 Å². The van der Waals surface area contributed by atoms with E-state index >= 15 is 0 Å². The lowest BCUT2D eigenvalue weighted by atomic mass is 10.0. The molecule has 0 saturated carbocycles. The first-order valence-corrected chi connectivity index (χ1v) is 7.11. The molecule has 0 rings (SSSR count). The number of rotatable bonds is 11. The first kappa shape index (κ1) is 16.4. The number of amides is 1. The fourth-order valence-electron chi connectivity index (χ4n) is 1.81. The highest BCUT2D eigenvalue weighted by molar-refractivity contribution is 5.78. The molecule has 0 spiro atoms. The van der Waals surface area contributed by atoms with Crippen LogP contribution < -0.4 is 5.32 Å². The second kappa shape index (κ2) is 11.9. The maximum atomic E-state index is 11.7. The highest BCUT2D eigenvalue weighted by atomic mass is 16.5. The van der Waals surface area contributed by atoms with Gasteiger partial charge in [-0.25, -0.2) is 0 Å². The van der Waals surface area contributed by atoms with Gasteiger partial charge in [-0.15, -0.1) is 0 Å². The van der Waals surface area contributed by atoms with Crippen LogP contribution in [0.2, 0.25) is 0 Å². The van der Waals surface area contributed by atoms with E-state index in [2.05, 4.69) is 19.2 Å². The molecule has 3 heteroatoms. The van der Waals surface area contributed by atoms with Crippen LogP contribution >= 0.6 is 0 Å². The Morgan fingerprint density at radius 1 is 1.12 bits per heavy atom. The number of unbranched alkanes of at least 4 members (excludes halogenated alkanes) is 3. The van der Waals surface area contributed by atoms with Gasteiger partial charge in [0.1, 0.15) is 0 Å². The molecule has 0 radical (unpaired) electrons. The van der Waals surface area contributed by atoms with E-state index in [1.165, 1.54) is 19.3 Å². The Morgan fingerprint density at radius 3 is 2.47 bits per heavy atom. The van der Waals surface area contributed by atoms with Gasteiger partial charge in [0.25, 0.3) is 0 Å². The minimum atomic E-state index is 0.0334. The van der Waals surface area contributed by atoms with E-state index in [-0.39, 0.29) is 11.8 Å². The minimum absolute atomic E-state index is 0.0334. The van der Waals surface area contributed by atoms with Gasteiger partial charge in [0.15, 0.2) is 0 Å². The van der Waals surface area contributed by atoms with Gasteiger partial charge in [-0.3, -0.25) is 4.79 Å². The van der Waals surface area contributed by atoms with Crippen molar-refractivity contribution in [3.8, 4) is 0 Å². The molecule has 1 N–H and O–H groups in total. The lowest BCUT2D eigenvalue weighted by Crippen LogP contribution is -2.33. The molecule has 1 atom stereocenters. The summed E-state index contributed by atoms with van der Waals surface area (Å²) in [6.45, 7) is 8.33. The van der Waals surface area contributed by atoms with Crippen molar-refractivity contribution in [1.29, 1.82) is 0 Å². The summed E-state index contributed by atoms with van der Waals surface area (Å²) in [6.07, 6.45) is 6.81. The third-order valence-corrected chi connectivity index (χ3v) is 2.82. The lowest BCUT2D eigenvalue weighted by molar-refractivity contribution is -0.127. The SMILES string of the molecule is CCCCCCOCC(CCC)C(=O)NCC. The third-order valence-electron chi connectivity index (χ3n) is 2.82. The van der Waals surface area contributed by atoms with Crippen molar-refractivity contribution in [2.24, 2.45) is 5.92 Å². The Morgan fingerprint density at radius 2 is 1.88 bits per heavy atom. The van der Waals surface area contributed by atoms with Crippen molar-refractivity contribution in [3.05, 3.63) is 0 Å². The number of carbonyl (C=O) groups is 1. The van der Waals surface area contributed by atoms with Gasteiger partial charge in [0.2, 0.25) is 5.91 Å². The van der Waals surface area contributed by atoms with Crippen LogP contribution in [0.5, 0.6) is 0 Å². The average molecular weight is 243 g/mol. The highest BCUT2D eigenvalue weighted by Crippen LogP contribution is 2.08. The molecule has 0 fully saturated rings. The van der Waals surface area contributed by atoms with Crippen LogP contribution in [0.3, 0.4) is 0 Å². The first-order chi connectivity index (χ1) is 8.26. The molecule has 0 aromatic rings. The Bertz CT molecular complexity index is 183. The molecule has 0 heterocycles. The Hall–Kier alpha value is -0.570. The largest absolute Gasteiger partial charge is 0.381 e. The van der Waals surface area contributed by atoms with Crippen molar-refractivity contribution in [2.45, 2.75) is 59.3 Å². The molecular formula is C14H29NO2. The second-order valence-corrected chi connectivity index (χ2v) is 4.52. The Labute approximate surface area is 106 Å². The summed E-state index contributed by atoms with van der Waals surface area (Å²) in [5, 5.41) is 2.87. The van der Waals surface area contributed by atoms with Crippen molar-refractivity contribution >= 4 is 5.91 Å². The Balaban J connectivity index is 3.65. The van der Waals surface area contributed by atoms with Gasteiger partial charge in [-0.1, -0.05) is 39.5 Å². The number of hydrogen-bond acceptors (Lipinski definition) is 2. The van der Waals surface area contributed by atoms with Crippen LogP contribution in [0.4, 0.5) is 0 Å². The zero-order valence-corrected chi connectivity index (χ0v) is 11.8. The monoisotopic (exact) mass is 243 g/mol. The Kier molecular flexibility index (Phi) is 11.5. The molecule has 0 saturated heterocycles. The summed E-state index contributed by atoms with van der Waals surface area (Å²) in [5.41, 5.74) is 0. The summed E-state index contributed by atoms with van der Waals surface area (Å²) in [4.78, 5) is 11.7. The fourth-order valence-corrected chi connectivity index (χ4v) is 1.81. The van der Waals surface area contributed by atoms with Crippen LogP contribution in [-0.2, 0) is 9.53 Å². The number of ether oxygens (including phenoxy) is 1. The zero-order valence-electron chi connectivity index (χ0n) is 11.8. The topological polar surface area (TPSA) is 38.3 Å². The summed E-state index contributed by atoms with van der Waals surface area (Å²) >= 11 is 0. The van der Waals surface area contributed by atoms with Gasteiger partial charge >= 0.3 is 0 Å². The standard InChI is InChI=1S/C14H29NO2/c1-4-7-8-9-11-17-12-13(10-5-2)14(16)15-6-3/h13H,4-12H2,1-3H3,(H,15,16). The molecule has 0 aliphatic rings. The van der Waals surface area contributed by atoms with Crippen molar-refractivity contribution in [1.82, 2.24) is 5.32 Å². The van der Waals surface area contributed by atoms with Crippen molar-refractivity contribution in [3.63, 3.8) is 0 Å². The quantitative estimate of drug-likeness (QED) is 0.566. The summed E-state index contributed by atoms with van der Waals surface area (Å²) in [5.74, 6) is 0.175. The van der Waals surface area contributed by atoms with E-state index in [1.807, 2.05) is 6.92 Å². The van der Waals surface area contributed by atoms with Crippen LogP contribution in [0.1, 0.15) is 59.3 Å². The molecule has 102 valence electrons. The molecular weight excluding hydrogens is 214 g/mol. The van der Waals surface area contributed by atoms with E-state index in [4.69, 9.17) is 4.74 Å². The molecule has 1 amide bonds. The minimum Gasteiger partial charge on any atom is -0.381 e. The van der Waals surface area contributed by atoms with E-state index in [1.54, 1.807) is 0 Å². The molecule has 1 unspecified atom stereocenters. The normalized spacial score (nSPS) is 12.4. The van der Waals surface area contributed by atoms with Crippen LogP contribution in [-0.4, -0.2) is 25.7 Å². The molecule has 17 heavy (non-hydrogen) atoms. The molecule has 0 aliphatic carbocycles. The van der Waals surface area contributed by atoms with E-state index in [9.17, 15) is 4.79 Å². The van der Waals surface area contributed by atoms with Crippen molar-refractivity contribution < 1.29 is 9.53 Å². The van der Waals surface area contributed by atoms with Crippen molar-refractivity contribution in [2.75, 3.05) is 19.8 Å². The van der Waals surface area contributed by atoms with Gasteiger partial charge in [-0.2, -0.15) is 0 Å². The second-order valence-electron chi connectivity index (χ2n) is 4.52. The molecule has 0 aromatic carbocycles. The van der Waals surface area contributed by atoms with Crippen LogP contribution in [0.15, 0.2) is 0 Å². The van der Waals surface area contributed by atoms with Gasteiger partial charge in [0.05, 0.1) is 12.5 Å². The average Bonchev–Trinajstić information content (AvgIpc) is 2.32. The fraction of sp³-hybridized carbons (Fsp3) is 0.929. The van der Waals surface area contributed by atoms with Gasteiger partial charge in [-0.05, 0) is 19.8 Å². The predicted molar refractivity (Wildman–Crippen MR) is 72.0 cm³/mol. The smallest absolute Gasteiger partial charge is 0.225 e. The first-order valence-electron chi connectivity index (χ1n) is 7.11. The van der Waals surface area contributed by atoms with Crippen LogP contribution in [0, 0.1) is 5.92 Å². The van der Waals surface area contributed by atoms with E-state index in [0.29, 0.717) is 13.2 Å². The number of carbonyl (C=O) groups excluding carboxylic acids is 1. The predicted octanol–water partition coefficient (Wildman–Crippen LogP) is 3.14. The highest BCUT2D eigenvalue weighted by Gasteiger charge is 2.16. The number of hydrogen-bond donors (Lipinski definition) is 1. The zero-order chi connectivity index (χ0) is 12.9. The summed E-state index contributed by atoms with van der Waals surface area (Å²) in [6, 6.07) is 0. The maximum absolute atomic E-state index is 11.7. The summed E-state index contributed by atoms with van der Waals surface area (Å²) in [7, 11) is 0. The van der Waals surface area contributed by atoms with Gasteiger partial charge in [0, 0.05) is 13.2 Å². The molecule has 0 aliphatic heterocycles. The molecule has 3 nitrogen and oxygen atoms in total.